The van der Waals surface area contributed by atoms with Crippen LogP contribution < -0.4 is 30.1 Å². The molecular weight excluding hydrogens is 865 g/mol. The number of aromatic nitrogens is 4. The second kappa shape index (κ2) is 21.0. The van der Waals surface area contributed by atoms with Crippen LogP contribution in [0, 0.1) is 0 Å². The highest BCUT2D eigenvalue weighted by Gasteiger charge is 2.32. The van der Waals surface area contributed by atoms with Gasteiger partial charge in [-0.2, -0.15) is 0 Å². The Morgan fingerprint density at radius 1 is 0.721 bits per heavy atom. The molecule has 0 aliphatic carbocycles. The number of hydrogen-bond donors (Lipinski definition) is 0. The number of methoxy groups -OCH3 is 2. The van der Waals surface area contributed by atoms with Crippen LogP contribution in [0.4, 0.5) is 4.79 Å². The molecule has 1 saturated heterocycles. The molecule has 15 heteroatoms. The van der Waals surface area contributed by atoms with Gasteiger partial charge >= 0.3 is 6.09 Å². The lowest BCUT2D eigenvalue weighted by Crippen LogP contribution is -2.49. The van der Waals surface area contributed by atoms with E-state index in [-0.39, 0.29) is 29.8 Å². The van der Waals surface area contributed by atoms with E-state index in [2.05, 4.69) is 14.9 Å². The molecule has 2 aliphatic heterocycles. The highest BCUT2D eigenvalue weighted by atomic mass is 16.6. The molecule has 7 aromatic rings. The van der Waals surface area contributed by atoms with E-state index in [0.717, 1.165) is 70.4 Å². The molecule has 0 unspecified atom stereocenters. The molecule has 68 heavy (non-hydrogen) atoms. The number of benzene rings is 3. The first kappa shape index (κ1) is 47.0. The maximum absolute atomic E-state index is 13.5. The minimum absolute atomic E-state index is 0.00496. The lowest BCUT2D eigenvalue weighted by Gasteiger charge is -2.39. The van der Waals surface area contributed by atoms with Crippen LogP contribution in [0.3, 0.4) is 0 Å². The molecule has 9 rings (SSSR count). The average Bonchev–Trinajstić information content (AvgIpc) is 3.36. The average molecular weight is 921 g/mol. The Labute approximate surface area is 394 Å². The van der Waals surface area contributed by atoms with E-state index in [1.165, 1.54) is 10.6 Å². The molecule has 0 spiro atoms. The largest absolute Gasteiger partial charge is 0.497 e. The fraction of sp³-hybridized carbons (Fsp3) is 0.321. The van der Waals surface area contributed by atoms with E-state index in [1.54, 1.807) is 38.7 Å². The Kier molecular flexibility index (Phi) is 14.5. The first-order chi connectivity index (χ1) is 32.9. The van der Waals surface area contributed by atoms with Crippen LogP contribution in [0.2, 0.25) is 0 Å². The third-order valence-corrected chi connectivity index (χ3v) is 12.0. The lowest BCUT2D eigenvalue weighted by atomic mass is 10.0. The van der Waals surface area contributed by atoms with E-state index in [4.69, 9.17) is 23.7 Å². The van der Waals surface area contributed by atoms with Gasteiger partial charge in [0.05, 0.1) is 43.2 Å². The van der Waals surface area contributed by atoms with Crippen LogP contribution >= 0.6 is 0 Å². The molecule has 1 amide bonds. The van der Waals surface area contributed by atoms with Crippen molar-refractivity contribution in [3.05, 3.63) is 142 Å². The minimum atomic E-state index is -0.603. The zero-order valence-electron chi connectivity index (χ0n) is 39.1. The number of piperidine rings is 1. The van der Waals surface area contributed by atoms with Gasteiger partial charge in [0.15, 0.2) is 11.5 Å². The number of aldehydes is 1. The first-order valence-electron chi connectivity index (χ1n) is 22.7. The van der Waals surface area contributed by atoms with Crippen molar-refractivity contribution >= 4 is 34.2 Å². The summed E-state index contributed by atoms with van der Waals surface area (Å²) in [5.41, 5.74) is 4.54. The Bertz CT molecular complexity index is 3020. The monoisotopic (exact) mass is 920 g/mol. The smallest absolute Gasteiger partial charge is 0.410 e. The summed E-state index contributed by atoms with van der Waals surface area (Å²) < 4.78 is 31.3. The highest BCUT2D eigenvalue weighted by Crippen LogP contribution is 2.33. The molecule has 3 aromatic carbocycles. The summed E-state index contributed by atoms with van der Waals surface area (Å²) >= 11 is 0. The van der Waals surface area contributed by atoms with Gasteiger partial charge in [0.25, 0.3) is 11.1 Å². The maximum Gasteiger partial charge on any atom is 0.410 e. The molecule has 0 saturated carbocycles. The van der Waals surface area contributed by atoms with Gasteiger partial charge in [0.1, 0.15) is 36.6 Å². The number of ether oxygens (including phenoxy) is 5. The number of amides is 1. The molecular formula is C53H56N6O9. The van der Waals surface area contributed by atoms with Gasteiger partial charge in [0, 0.05) is 97.3 Å². The van der Waals surface area contributed by atoms with E-state index < -0.39 is 5.60 Å². The van der Waals surface area contributed by atoms with Crippen LogP contribution in [0.5, 0.6) is 23.0 Å². The van der Waals surface area contributed by atoms with Crippen molar-refractivity contribution in [3.63, 3.8) is 0 Å². The third-order valence-electron chi connectivity index (χ3n) is 12.0. The zero-order chi connectivity index (χ0) is 47.8. The summed E-state index contributed by atoms with van der Waals surface area (Å²) in [5, 5.41) is 1.80. The van der Waals surface area contributed by atoms with Gasteiger partial charge in [-0.3, -0.25) is 19.6 Å². The van der Waals surface area contributed by atoms with Gasteiger partial charge in [-0.05, 0) is 99.8 Å². The Morgan fingerprint density at radius 3 is 1.84 bits per heavy atom. The molecule has 2 aliphatic rings. The van der Waals surface area contributed by atoms with Crippen LogP contribution in [-0.4, -0.2) is 100.0 Å². The number of likely N-dealkylation sites (tertiary alicyclic amines) is 1. The van der Waals surface area contributed by atoms with Crippen LogP contribution in [0.1, 0.15) is 39.2 Å². The van der Waals surface area contributed by atoms with Crippen LogP contribution in [0.25, 0.3) is 44.3 Å². The predicted octanol–water partition coefficient (Wildman–Crippen LogP) is 8.02. The van der Waals surface area contributed by atoms with E-state index in [9.17, 15) is 19.2 Å². The van der Waals surface area contributed by atoms with Crippen molar-refractivity contribution in [2.45, 2.75) is 64.9 Å². The highest BCUT2D eigenvalue weighted by molar-refractivity contribution is 5.95. The number of hydrogen-bond acceptors (Lipinski definition) is 12. The topological polar surface area (TPSA) is 157 Å². The van der Waals surface area contributed by atoms with Crippen LogP contribution in [-0.2, 0) is 29.2 Å². The van der Waals surface area contributed by atoms with E-state index in [0.29, 0.717) is 67.6 Å². The quantitative estimate of drug-likeness (QED) is 0.109. The number of fused-ring (bicyclic) bond motifs is 3. The van der Waals surface area contributed by atoms with Crippen LogP contribution in [0.15, 0.2) is 125 Å². The van der Waals surface area contributed by atoms with Crippen molar-refractivity contribution in [2.24, 2.45) is 0 Å². The molecule has 1 fully saturated rings. The van der Waals surface area contributed by atoms with Crippen molar-refractivity contribution in [3.8, 4) is 45.5 Å². The van der Waals surface area contributed by atoms with E-state index in [1.807, 2.05) is 115 Å². The van der Waals surface area contributed by atoms with Gasteiger partial charge in [-0.1, -0.05) is 18.2 Å². The van der Waals surface area contributed by atoms with Gasteiger partial charge in [-0.25, -0.2) is 4.79 Å². The summed E-state index contributed by atoms with van der Waals surface area (Å²) in [6, 6.07) is 31.6. The van der Waals surface area contributed by atoms with Crippen molar-refractivity contribution in [2.75, 3.05) is 47.1 Å². The molecule has 0 bridgehead atoms. The van der Waals surface area contributed by atoms with Crippen molar-refractivity contribution in [1.82, 2.24) is 28.9 Å². The number of rotatable bonds is 12. The lowest BCUT2D eigenvalue weighted by molar-refractivity contribution is -0.108. The Balaban J connectivity index is 0.000000237. The first-order valence-corrected chi connectivity index (χ1v) is 22.7. The predicted molar refractivity (Wildman–Crippen MR) is 261 cm³/mol. The normalized spacial score (nSPS) is 13.9. The summed E-state index contributed by atoms with van der Waals surface area (Å²) in [7, 11) is 3.19. The Hall–Kier alpha value is -7.52. The molecule has 0 radical (unpaired) electrons. The molecule has 4 aromatic heterocycles. The minimum Gasteiger partial charge on any atom is -0.497 e. The Morgan fingerprint density at radius 2 is 1.29 bits per heavy atom. The van der Waals surface area contributed by atoms with Gasteiger partial charge in [-0.15, -0.1) is 0 Å². The summed E-state index contributed by atoms with van der Waals surface area (Å²) in [5.74, 6) is 2.75. The number of pyridine rings is 4. The fourth-order valence-electron chi connectivity index (χ4n) is 8.68. The summed E-state index contributed by atoms with van der Waals surface area (Å²) in [6.07, 6.45) is 5.40. The summed E-state index contributed by atoms with van der Waals surface area (Å²) in [4.78, 5) is 63.2. The fourth-order valence-corrected chi connectivity index (χ4v) is 8.68. The van der Waals surface area contributed by atoms with Crippen molar-refractivity contribution < 1.29 is 33.3 Å². The third kappa shape index (κ3) is 10.8. The molecule has 15 nitrogen and oxygen atoms in total. The number of carbonyl (C=O) groups is 2. The zero-order valence-corrected chi connectivity index (χ0v) is 39.1. The second-order valence-electron chi connectivity index (χ2n) is 17.6. The standard InChI is InChI=1S/C36H42N4O6.C17H14N2O3/c1-36(2,3)46-35(42)40(24-25-8-11-32-33(21-25)45-20-19-44-32)26-12-15-38(16-13-26)17-18-39-31-22-27(43-4)9-10-28(31)29(23-34(39)41)30-7-5-6-14-37-30;1-22-12-5-6-13-14(15-4-2-3-7-18-15)11-17(21)19(8-9-20)16(13)10-12/h5-11,14,21-23,26H,12-13,15-20,24H2,1-4H3;2-7,9-11H,8H2,1H3. The molecule has 0 atom stereocenters. The van der Waals surface area contributed by atoms with Gasteiger partial charge < -0.3 is 47.4 Å². The SMILES string of the molecule is COc1ccc2c(-c3ccccn3)cc(=O)n(CC=O)c2c1.COc1ccc2c(-c3ccccn3)cc(=O)n(CCN3CCC(N(Cc4ccc5c(c4)OCCO5)C(=O)OC(C)(C)C)CC3)c2c1. The maximum atomic E-state index is 13.5. The number of nitrogens with zero attached hydrogens (tertiary/aromatic N) is 6. The number of carbonyl (C=O) groups excluding carboxylic acids is 2. The second-order valence-corrected chi connectivity index (χ2v) is 17.6. The molecule has 6 heterocycles. The molecule has 0 N–H and O–H groups in total. The van der Waals surface area contributed by atoms with Gasteiger partial charge in [0.2, 0.25) is 0 Å². The molecule has 352 valence electrons. The van der Waals surface area contributed by atoms with E-state index >= 15 is 0 Å². The summed E-state index contributed by atoms with van der Waals surface area (Å²) in [6.45, 7) is 9.96. The van der Waals surface area contributed by atoms with Crippen molar-refractivity contribution in [1.29, 1.82) is 0 Å².